The van der Waals surface area contributed by atoms with E-state index in [1.54, 1.807) is 0 Å². The first-order valence-corrected chi connectivity index (χ1v) is 10.8. The zero-order valence-corrected chi connectivity index (χ0v) is 18.1. The van der Waals surface area contributed by atoms with Gasteiger partial charge in [-0.3, -0.25) is 14.9 Å². The molecule has 7 nitrogen and oxygen atoms in total. The normalized spacial score (nSPS) is 27.0. The molecule has 0 radical (unpaired) electrons. The molecule has 0 saturated carbocycles. The van der Waals surface area contributed by atoms with Crippen LogP contribution in [0.4, 0.5) is 10.5 Å². The van der Waals surface area contributed by atoms with Gasteiger partial charge in [-0.05, 0) is 57.7 Å². The monoisotopic (exact) mass is 413 g/mol. The highest BCUT2D eigenvalue weighted by molar-refractivity contribution is 6.00. The van der Waals surface area contributed by atoms with Crippen molar-refractivity contribution < 1.29 is 19.1 Å². The molecule has 0 bridgehead atoms. The molecule has 30 heavy (non-hydrogen) atoms. The number of likely N-dealkylation sites (tertiary alicyclic amines) is 1. The third-order valence-corrected chi connectivity index (χ3v) is 6.43. The van der Waals surface area contributed by atoms with Crippen LogP contribution in [0.3, 0.4) is 0 Å². The molecule has 3 amide bonds. The minimum Gasteiger partial charge on any atom is -0.444 e. The van der Waals surface area contributed by atoms with Gasteiger partial charge in [0.05, 0.1) is 5.92 Å². The molecule has 3 aliphatic heterocycles. The van der Waals surface area contributed by atoms with E-state index in [9.17, 15) is 14.4 Å². The number of anilines is 1. The molecule has 3 saturated heterocycles. The van der Waals surface area contributed by atoms with Crippen LogP contribution in [0.2, 0.25) is 0 Å². The van der Waals surface area contributed by atoms with Crippen molar-refractivity contribution in [2.24, 2.45) is 5.41 Å². The Morgan fingerprint density at radius 2 is 1.80 bits per heavy atom. The number of imide groups is 1. The highest BCUT2D eigenvalue weighted by Crippen LogP contribution is 2.41. The number of ether oxygens (including phenoxy) is 1. The SMILES string of the molecule is CC(C)(C)OC(=O)N1CC[C@@]2(CCN(c3ccc(C4CCC(=O)NC4=O)cc3)C2)C1. The summed E-state index contributed by atoms with van der Waals surface area (Å²) >= 11 is 0. The Morgan fingerprint density at radius 3 is 2.47 bits per heavy atom. The number of carbonyl (C=O) groups excluding carboxylic acids is 3. The predicted octanol–water partition coefficient (Wildman–Crippen LogP) is 3.04. The lowest BCUT2D eigenvalue weighted by atomic mass is 9.86. The van der Waals surface area contributed by atoms with E-state index in [0.29, 0.717) is 12.8 Å². The van der Waals surface area contributed by atoms with Gasteiger partial charge < -0.3 is 14.5 Å². The van der Waals surface area contributed by atoms with Crippen LogP contribution >= 0.6 is 0 Å². The largest absolute Gasteiger partial charge is 0.444 e. The number of piperidine rings is 1. The van der Waals surface area contributed by atoms with E-state index in [0.717, 1.165) is 50.3 Å². The number of carbonyl (C=O) groups is 3. The Balaban J connectivity index is 1.37. The molecule has 1 aromatic rings. The summed E-state index contributed by atoms with van der Waals surface area (Å²) < 4.78 is 5.54. The van der Waals surface area contributed by atoms with Crippen molar-refractivity contribution in [3.05, 3.63) is 29.8 Å². The smallest absolute Gasteiger partial charge is 0.410 e. The second-order valence-corrected chi connectivity index (χ2v) is 9.92. The van der Waals surface area contributed by atoms with Crippen molar-refractivity contribution in [3.8, 4) is 0 Å². The first kappa shape index (κ1) is 20.7. The minimum atomic E-state index is -0.473. The summed E-state index contributed by atoms with van der Waals surface area (Å²) in [6.45, 7) is 9.06. The molecule has 3 heterocycles. The molecule has 1 unspecified atom stereocenters. The first-order valence-electron chi connectivity index (χ1n) is 10.8. The lowest BCUT2D eigenvalue weighted by molar-refractivity contribution is -0.134. The molecule has 1 spiro atoms. The van der Waals surface area contributed by atoms with Crippen LogP contribution in [0.15, 0.2) is 24.3 Å². The summed E-state index contributed by atoms with van der Waals surface area (Å²) in [6.07, 6.45) is 2.79. The molecule has 3 fully saturated rings. The fraction of sp³-hybridized carbons (Fsp3) is 0.609. The molecule has 1 N–H and O–H groups in total. The van der Waals surface area contributed by atoms with Gasteiger partial charge in [0.25, 0.3) is 0 Å². The number of nitrogens with zero attached hydrogens (tertiary/aromatic N) is 2. The van der Waals surface area contributed by atoms with Crippen LogP contribution in [0.5, 0.6) is 0 Å². The number of nitrogens with one attached hydrogen (secondary N) is 1. The molecule has 4 rings (SSSR count). The second kappa shape index (κ2) is 7.60. The van der Waals surface area contributed by atoms with Crippen molar-refractivity contribution in [3.63, 3.8) is 0 Å². The van der Waals surface area contributed by atoms with Crippen LogP contribution in [0.25, 0.3) is 0 Å². The van der Waals surface area contributed by atoms with Gasteiger partial charge in [0.15, 0.2) is 0 Å². The average Bonchev–Trinajstić information content (AvgIpc) is 3.28. The van der Waals surface area contributed by atoms with E-state index in [1.807, 2.05) is 37.8 Å². The highest BCUT2D eigenvalue weighted by atomic mass is 16.6. The summed E-state index contributed by atoms with van der Waals surface area (Å²) in [4.78, 5) is 40.1. The van der Waals surface area contributed by atoms with Gasteiger partial charge in [-0.2, -0.15) is 0 Å². The van der Waals surface area contributed by atoms with E-state index < -0.39 is 5.60 Å². The van der Waals surface area contributed by atoms with Gasteiger partial charge >= 0.3 is 6.09 Å². The maximum absolute atomic E-state index is 12.4. The van der Waals surface area contributed by atoms with E-state index >= 15 is 0 Å². The molecule has 0 aliphatic carbocycles. The van der Waals surface area contributed by atoms with Gasteiger partial charge in [0.2, 0.25) is 11.8 Å². The zero-order chi connectivity index (χ0) is 21.5. The summed E-state index contributed by atoms with van der Waals surface area (Å²) in [7, 11) is 0. The Morgan fingerprint density at radius 1 is 1.10 bits per heavy atom. The van der Waals surface area contributed by atoms with Gasteiger partial charge in [-0.15, -0.1) is 0 Å². The maximum atomic E-state index is 12.4. The van der Waals surface area contributed by atoms with Gasteiger partial charge in [0.1, 0.15) is 5.60 Å². The fourth-order valence-corrected chi connectivity index (χ4v) is 4.84. The van der Waals surface area contributed by atoms with Crippen LogP contribution in [0.1, 0.15) is 57.9 Å². The standard InChI is InChI=1S/C23H31N3O4/c1-22(2,3)30-21(29)26-13-11-23(15-26)10-12-25(14-23)17-6-4-16(5-7-17)18-8-9-19(27)24-20(18)28/h4-7,18H,8-15H2,1-3H3,(H,24,27,28)/t18?,23-/m1/s1. The molecular weight excluding hydrogens is 382 g/mol. The fourth-order valence-electron chi connectivity index (χ4n) is 4.84. The average molecular weight is 414 g/mol. The molecule has 162 valence electrons. The van der Waals surface area contributed by atoms with Crippen molar-refractivity contribution in [2.75, 3.05) is 31.1 Å². The summed E-state index contributed by atoms with van der Waals surface area (Å²) in [5, 5.41) is 2.43. The highest BCUT2D eigenvalue weighted by Gasteiger charge is 2.45. The molecule has 3 aliphatic rings. The number of benzene rings is 1. The minimum absolute atomic E-state index is 0.124. The van der Waals surface area contributed by atoms with Crippen LogP contribution in [-0.2, 0) is 14.3 Å². The van der Waals surface area contributed by atoms with Crippen LogP contribution < -0.4 is 10.2 Å². The van der Waals surface area contributed by atoms with E-state index in [4.69, 9.17) is 4.74 Å². The van der Waals surface area contributed by atoms with Crippen LogP contribution in [-0.4, -0.2) is 54.6 Å². The van der Waals surface area contributed by atoms with Crippen molar-refractivity contribution >= 4 is 23.6 Å². The number of amides is 3. The summed E-state index contributed by atoms with van der Waals surface area (Å²) in [5.41, 5.74) is 1.74. The maximum Gasteiger partial charge on any atom is 0.410 e. The zero-order valence-electron chi connectivity index (χ0n) is 18.1. The lowest BCUT2D eigenvalue weighted by Gasteiger charge is -2.27. The Bertz CT molecular complexity index is 845. The van der Waals surface area contributed by atoms with E-state index in [2.05, 4.69) is 22.3 Å². The topological polar surface area (TPSA) is 79.0 Å². The number of hydrogen-bond acceptors (Lipinski definition) is 5. The Kier molecular flexibility index (Phi) is 5.24. The molecule has 1 aromatic carbocycles. The van der Waals surface area contributed by atoms with Crippen molar-refractivity contribution in [1.82, 2.24) is 10.2 Å². The Hall–Kier alpha value is -2.57. The van der Waals surface area contributed by atoms with Crippen molar-refractivity contribution in [2.45, 2.75) is 58.0 Å². The molecule has 0 aromatic heterocycles. The quantitative estimate of drug-likeness (QED) is 0.754. The number of rotatable bonds is 2. The number of hydrogen-bond donors (Lipinski definition) is 1. The molecule has 7 heteroatoms. The predicted molar refractivity (Wildman–Crippen MR) is 113 cm³/mol. The van der Waals surface area contributed by atoms with Gasteiger partial charge in [-0.1, -0.05) is 12.1 Å². The molecule has 2 atom stereocenters. The van der Waals surface area contributed by atoms with Crippen molar-refractivity contribution in [1.29, 1.82) is 0 Å². The van der Waals surface area contributed by atoms with Crippen LogP contribution in [0, 0.1) is 5.41 Å². The summed E-state index contributed by atoms with van der Waals surface area (Å²) in [6, 6.07) is 8.14. The van der Waals surface area contributed by atoms with E-state index in [1.165, 1.54) is 0 Å². The van der Waals surface area contributed by atoms with Gasteiger partial charge in [-0.25, -0.2) is 4.79 Å². The second-order valence-electron chi connectivity index (χ2n) is 9.92. The molecular formula is C23H31N3O4. The third-order valence-electron chi connectivity index (χ3n) is 6.43. The third kappa shape index (κ3) is 4.30. The van der Waals surface area contributed by atoms with Gasteiger partial charge in [0, 0.05) is 43.7 Å². The Labute approximate surface area is 177 Å². The first-order chi connectivity index (χ1) is 14.1. The van der Waals surface area contributed by atoms with E-state index in [-0.39, 0.29) is 29.2 Å². The lowest BCUT2D eigenvalue weighted by Crippen LogP contribution is -2.39. The summed E-state index contributed by atoms with van der Waals surface area (Å²) in [5.74, 6) is -0.640.